The number of carbonyl (C=O) groups is 3. The lowest BCUT2D eigenvalue weighted by molar-refractivity contribution is -0.143. The lowest BCUT2D eigenvalue weighted by Gasteiger charge is -2.30. The summed E-state index contributed by atoms with van der Waals surface area (Å²) in [6.45, 7) is 1.52. The molecule has 2 aliphatic heterocycles. The molecule has 0 bridgehead atoms. The third kappa shape index (κ3) is 4.40. The number of carboxylic acids is 1. The molecule has 2 amide bonds. The van der Waals surface area contributed by atoms with E-state index < -0.39 is 12.1 Å². The number of likely N-dealkylation sites (tertiary alicyclic amines) is 1. The predicted octanol–water partition coefficient (Wildman–Crippen LogP) is 2.13. The Hall–Kier alpha value is -2.41. The van der Waals surface area contributed by atoms with Crippen molar-refractivity contribution in [2.45, 2.75) is 38.2 Å². The molecule has 0 aliphatic carbocycles. The van der Waals surface area contributed by atoms with E-state index >= 15 is 0 Å². The largest absolute Gasteiger partial charge is 0.481 e. The molecule has 1 atom stereocenters. The van der Waals surface area contributed by atoms with Gasteiger partial charge in [0, 0.05) is 30.9 Å². The zero-order valence-corrected chi connectivity index (χ0v) is 14.6. The van der Waals surface area contributed by atoms with Gasteiger partial charge in [-0.05, 0) is 56.4 Å². The number of carbonyl (C=O) groups excluding carboxylic acids is 2. The molecular formula is C19H24N2O5. The number of hydrogen-bond acceptors (Lipinski definition) is 4. The number of nitrogens with one attached hydrogen (secondary N) is 1. The van der Waals surface area contributed by atoms with Crippen molar-refractivity contribution in [3.8, 4) is 0 Å². The van der Waals surface area contributed by atoms with Gasteiger partial charge in [0.05, 0.1) is 5.92 Å². The summed E-state index contributed by atoms with van der Waals surface area (Å²) in [6.07, 6.45) is 3.27. The third-order valence-electron chi connectivity index (χ3n) is 5.00. The highest BCUT2D eigenvalue weighted by Crippen LogP contribution is 2.20. The highest BCUT2D eigenvalue weighted by Gasteiger charge is 2.27. The topological polar surface area (TPSA) is 95.9 Å². The zero-order chi connectivity index (χ0) is 18.5. The van der Waals surface area contributed by atoms with Crippen LogP contribution in [0.15, 0.2) is 24.3 Å². The van der Waals surface area contributed by atoms with Gasteiger partial charge in [0.2, 0.25) is 0 Å². The first-order valence-corrected chi connectivity index (χ1v) is 9.09. The van der Waals surface area contributed by atoms with E-state index in [-0.39, 0.29) is 17.7 Å². The molecule has 1 unspecified atom stereocenters. The molecule has 7 nitrogen and oxygen atoms in total. The van der Waals surface area contributed by atoms with Crippen molar-refractivity contribution in [2.24, 2.45) is 5.92 Å². The molecular weight excluding hydrogens is 336 g/mol. The molecule has 26 heavy (non-hydrogen) atoms. The molecule has 2 saturated heterocycles. The Bertz CT molecular complexity index is 659. The van der Waals surface area contributed by atoms with E-state index in [2.05, 4.69) is 5.32 Å². The minimum absolute atomic E-state index is 0.109. The van der Waals surface area contributed by atoms with E-state index in [1.54, 1.807) is 29.2 Å². The van der Waals surface area contributed by atoms with Crippen LogP contribution in [-0.4, -0.2) is 53.6 Å². The van der Waals surface area contributed by atoms with Crippen LogP contribution >= 0.6 is 0 Å². The van der Waals surface area contributed by atoms with Gasteiger partial charge in [-0.1, -0.05) is 0 Å². The second kappa shape index (κ2) is 8.31. The lowest BCUT2D eigenvalue weighted by Crippen LogP contribution is -2.40. The SMILES string of the molecule is O=C(O)C1CCN(C(=O)c2ccc(NC(=O)C3CCCCO3)cc2)CC1. The van der Waals surface area contributed by atoms with Crippen molar-refractivity contribution in [1.82, 2.24) is 4.90 Å². The van der Waals surface area contributed by atoms with Crippen molar-refractivity contribution < 1.29 is 24.2 Å². The number of anilines is 1. The minimum Gasteiger partial charge on any atom is -0.481 e. The number of nitrogens with zero attached hydrogens (tertiary/aromatic N) is 1. The van der Waals surface area contributed by atoms with Crippen molar-refractivity contribution in [3.05, 3.63) is 29.8 Å². The van der Waals surface area contributed by atoms with E-state index in [0.717, 1.165) is 19.3 Å². The molecule has 1 aromatic carbocycles. The van der Waals surface area contributed by atoms with Crippen LogP contribution < -0.4 is 5.32 Å². The Balaban J connectivity index is 1.54. The van der Waals surface area contributed by atoms with Crippen LogP contribution in [0.1, 0.15) is 42.5 Å². The van der Waals surface area contributed by atoms with E-state index in [0.29, 0.717) is 43.8 Å². The van der Waals surface area contributed by atoms with Crippen molar-refractivity contribution in [2.75, 3.05) is 25.0 Å². The highest BCUT2D eigenvalue weighted by atomic mass is 16.5. The molecule has 2 N–H and O–H groups in total. The van der Waals surface area contributed by atoms with E-state index in [1.807, 2.05) is 0 Å². The number of piperidine rings is 1. The molecule has 0 saturated carbocycles. The summed E-state index contributed by atoms with van der Waals surface area (Å²) in [4.78, 5) is 37.4. The van der Waals surface area contributed by atoms with Crippen LogP contribution in [0.4, 0.5) is 5.69 Å². The Morgan fingerprint density at radius 3 is 2.31 bits per heavy atom. The first kappa shape index (κ1) is 18.4. The van der Waals surface area contributed by atoms with Crippen LogP contribution in [0.25, 0.3) is 0 Å². The monoisotopic (exact) mass is 360 g/mol. The molecule has 2 heterocycles. The van der Waals surface area contributed by atoms with Crippen LogP contribution in [0, 0.1) is 5.92 Å². The predicted molar refractivity (Wildman–Crippen MR) is 94.9 cm³/mol. The fourth-order valence-corrected chi connectivity index (χ4v) is 3.38. The van der Waals surface area contributed by atoms with Gasteiger partial charge in [-0.15, -0.1) is 0 Å². The molecule has 1 aromatic rings. The van der Waals surface area contributed by atoms with Crippen molar-refractivity contribution in [1.29, 1.82) is 0 Å². The molecule has 7 heteroatoms. The third-order valence-corrected chi connectivity index (χ3v) is 5.00. The maximum atomic E-state index is 12.5. The number of rotatable bonds is 4. The van der Waals surface area contributed by atoms with E-state index in [1.165, 1.54) is 0 Å². The van der Waals surface area contributed by atoms with Crippen LogP contribution in [-0.2, 0) is 14.3 Å². The zero-order valence-electron chi connectivity index (χ0n) is 14.6. The lowest BCUT2D eigenvalue weighted by atomic mass is 9.96. The molecule has 0 radical (unpaired) electrons. The van der Waals surface area contributed by atoms with Gasteiger partial charge in [-0.25, -0.2) is 0 Å². The second-order valence-electron chi connectivity index (χ2n) is 6.83. The van der Waals surface area contributed by atoms with Gasteiger partial charge in [-0.3, -0.25) is 14.4 Å². The minimum atomic E-state index is -0.792. The maximum absolute atomic E-state index is 12.5. The van der Waals surface area contributed by atoms with E-state index in [9.17, 15) is 14.4 Å². The molecule has 3 rings (SSSR count). The summed E-state index contributed by atoms with van der Waals surface area (Å²) < 4.78 is 5.46. The molecule has 2 fully saturated rings. The highest BCUT2D eigenvalue weighted by molar-refractivity contribution is 5.97. The summed E-state index contributed by atoms with van der Waals surface area (Å²) >= 11 is 0. The van der Waals surface area contributed by atoms with Crippen LogP contribution in [0.3, 0.4) is 0 Å². The normalized spacial score (nSPS) is 21.2. The van der Waals surface area contributed by atoms with Gasteiger partial charge < -0.3 is 20.1 Å². The number of hydrogen-bond donors (Lipinski definition) is 2. The Morgan fingerprint density at radius 1 is 1.04 bits per heavy atom. The average molecular weight is 360 g/mol. The number of ether oxygens (including phenoxy) is 1. The van der Waals surface area contributed by atoms with Gasteiger partial charge in [0.15, 0.2) is 0 Å². The number of aliphatic carboxylic acids is 1. The summed E-state index contributed by atoms with van der Waals surface area (Å²) in [6, 6.07) is 6.78. The number of benzene rings is 1. The standard InChI is InChI=1S/C19H24N2O5/c22-17(16-3-1-2-12-26-16)20-15-6-4-13(5-7-15)18(23)21-10-8-14(9-11-21)19(24)25/h4-7,14,16H,1-3,8-12H2,(H,20,22)(H,24,25). The summed E-state index contributed by atoms with van der Waals surface area (Å²) in [5.41, 5.74) is 1.16. The molecule has 0 aromatic heterocycles. The van der Waals surface area contributed by atoms with E-state index in [4.69, 9.17) is 9.84 Å². The molecule has 140 valence electrons. The smallest absolute Gasteiger partial charge is 0.306 e. The van der Waals surface area contributed by atoms with Crippen LogP contribution in [0.2, 0.25) is 0 Å². The van der Waals surface area contributed by atoms with Gasteiger partial charge in [0.25, 0.3) is 11.8 Å². The first-order chi connectivity index (χ1) is 12.5. The Labute approximate surface area is 152 Å². The fraction of sp³-hybridized carbons (Fsp3) is 0.526. The second-order valence-corrected chi connectivity index (χ2v) is 6.83. The summed E-state index contributed by atoms with van der Waals surface area (Å²) in [5, 5.41) is 11.9. The van der Waals surface area contributed by atoms with Crippen molar-refractivity contribution >= 4 is 23.5 Å². The number of amides is 2. The average Bonchev–Trinajstić information content (AvgIpc) is 2.69. The van der Waals surface area contributed by atoms with Gasteiger partial charge in [-0.2, -0.15) is 0 Å². The maximum Gasteiger partial charge on any atom is 0.306 e. The quantitative estimate of drug-likeness (QED) is 0.857. The molecule has 2 aliphatic rings. The van der Waals surface area contributed by atoms with Crippen molar-refractivity contribution in [3.63, 3.8) is 0 Å². The van der Waals surface area contributed by atoms with Gasteiger partial charge >= 0.3 is 5.97 Å². The Kier molecular flexibility index (Phi) is 5.88. The Morgan fingerprint density at radius 2 is 1.73 bits per heavy atom. The van der Waals surface area contributed by atoms with Gasteiger partial charge in [0.1, 0.15) is 6.10 Å². The summed E-state index contributed by atoms with van der Waals surface area (Å²) in [7, 11) is 0. The summed E-state index contributed by atoms with van der Waals surface area (Å²) in [5.74, 6) is -1.42. The molecule has 0 spiro atoms. The first-order valence-electron chi connectivity index (χ1n) is 9.09. The fourth-order valence-electron chi connectivity index (χ4n) is 3.38. The number of carboxylic acid groups (broad SMARTS) is 1. The van der Waals surface area contributed by atoms with Crippen LogP contribution in [0.5, 0.6) is 0 Å².